The molecular weight excluding hydrogens is 510 g/mol. The first-order valence-electron chi connectivity index (χ1n) is 13.9. The van der Waals surface area contributed by atoms with Gasteiger partial charge in [-0.2, -0.15) is 0 Å². The lowest BCUT2D eigenvalue weighted by Crippen LogP contribution is -2.38. The van der Waals surface area contributed by atoms with Crippen LogP contribution in [0, 0.1) is 27.7 Å². The highest BCUT2D eigenvalue weighted by Gasteiger charge is 2.32. The monoisotopic (exact) mass is 541 g/mol. The Hall–Kier alpha value is -4.22. The van der Waals surface area contributed by atoms with Gasteiger partial charge in [-0.1, -0.05) is 84.1 Å². The molecule has 2 aliphatic rings. The molecule has 0 saturated heterocycles. The highest BCUT2D eigenvalue weighted by molar-refractivity contribution is 7.07. The van der Waals surface area contributed by atoms with Crippen molar-refractivity contribution in [3.63, 3.8) is 0 Å². The third kappa shape index (κ3) is 3.80. The van der Waals surface area contributed by atoms with Gasteiger partial charge in [0.15, 0.2) is 4.80 Å². The molecule has 3 aromatic carbocycles. The number of benzene rings is 3. The van der Waals surface area contributed by atoms with Crippen LogP contribution in [0.2, 0.25) is 0 Å². The molecule has 1 unspecified atom stereocenters. The number of fused-ring (bicyclic) bond motifs is 3. The van der Waals surface area contributed by atoms with Crippen molar-refractivity contribution in [3.8, 4) is 5.69 Å². The molecular formula is C35H31N3OS. The van der Waals surface area contributed by atoms with Crippen LogP contribution < -0.4 is 14.9 Å². The summed E-state index contributed by atoms with van der Waals surface area (Å²) in [6, 6.07) is 27.4. The standard InChI is InChI=1S/C35H31N3OS/c1-21-11-10-12-22(2)32(21)37-23(3)19-27(24(37)4)20-30-34(39)38-33(26-14-6-5-7-15-26)29-18-17-25-13-8-9-16-28(25)31(29)36-35(38)40-30/h5-16,19-20,33H,17-18H2,1-4H3/b30-20+. The van der Waals surface area contributed by atoms with E-state index in [2.05, 4.69) is 111 Å². The number of rotatable bonds is 3. The summed E-state index contributed by atoms with van der Waals surface area (Å²) >= 11 is 1.50. The zero-order valence-corrected chi connectivity index (χ0v) is 24.0. The minimum absolute atomic E-state index is 0.0277. The SMILES string of the molecule is Cc1cccc(C)c1-n1c(C)cc(/C=c2/sc3n(c2=O)C(c2ccccc2)C2=C(N=3)c3ccccc3CC2)c1C. The average molecular weight is 542 g/mol. The molecule has 2 aromatic heterocycles. The molecule has 0 bridgehead atoms. The smallest absolute Gasteiger partial charge is 0.271 e. The predicted octanol–water partition coefficient (Wildman–Crippen LogP) is 6.34. The highest BCUT2D eigenvalue weighted by atomic mass is 32.1. The predicted molar refractivity (Wildman–Crippen MR) is 164 cm³/mol. The van der Waals surface area contributed by atoms with Crippen molar-refractivity contribution in [1.82, 2.24) is 9.13 Å². The maximum Gasteiger partial charge on any atom is 0.271 e. The first-order valence-corrected chi connectivity index (χ1v) is 14.7. The van der Waals surface area contributed by atoms with E-state index in [1.54, 1.807) is 0 Å². The van der Waals surface area contributed by atoms with E-state index in [1.165, 1.54) is 44.9 Å². The van der Waals surface area contributed by atoms with Crippen LogP contribution in [0.1, 0.15) is 57.2 Å². The van der Waals surface area contributed by atoms with E-state index in [9.17, 15) is 4.79 Å². The third-order valence-corrected chi connectivity index (χ3v) is 9.39. The molecule has 0 amide bonds. The van der Waals surface area contributed by atoms with Crippen molar-refractivity contribution >= 4 is 23.1 Å². The Bertz CT molecular complexity index is 2000. The van der Waals surface area contributed by atoms with E-state index in [4.69, 9.17) is 4.99 Å². The summed E-state index contributed by atoms with van der Waals surface area (Å²) in [5, 5.41) is 0. The number of aromatic nitrogens is 2. The van der Waals surface area contributed by atoms with Gasteiger partial charge in [0.05, 0.1) is 22.0 Å². The quantitative estimate of drug-likeness (QED) is 0.263. The molecule has 198 valence electrons. The molecule has 1 atom stereocenters. The summed E-state index contributed by atoms with van der Waals surface area (Å²) in [5.74, 6) is 0. The van der Waals surface area contributed by atoms with Crippen molar-refractivity contribution in [3.05, 3.63) is 149 Å². The van der Waals surface area contributed by atoms with Crippen LogP contribution in [0.15, 0.2) is 94.2 Å². The fourth-order valence-corrected chi connectivity index (χ4v) is 7.53. The van der Waals surface area contributed by atoms with Crippen LogP contribution in [-0.2, 0) is 6.42 Å². The topological polar surface area (TPSA) is 39.3 Å². The van der Waals surface area contributed by atoms with Gasteiger partial charge in [-0.25, -0.2) is 4.99 Å². The van der Waals surface area contributed by atoms with Crippen LogP contribution in [0.4, 0.5) is 0 Å². The molecule has 1 aliphatic carbocycles. The maximum atomic E-state index is 14.2. The normalized spacial score (nSPS) is 16.4. The second kappa shape index (κ2) is 9.46. The number of para-hydroxylation sites is 1. The summed E-state index contributed by atoms with van der Waals surface area (Å²) in [4.78, 5) is 20.1. The highest BCUT2D eigenvalue weighted by Crippen LogP contribution is 2.41. The van der Waals surface area contributed by atoms with Crippen molar-refractivity contribution in [1.29, 1.82) is 0 Å². The molecule has 0 N–H and O–H groups in total. The fraction of sp³-hybridized carbons (Fsp3) is 0.200. The first-order chi connectivity index (χ1) is 19.4. The Balaban J connectivity index is 1.45. The van der Waals surface area contributed by atoms with Gasteiger partial charge in [-0.15, -0.1) is 0 Å². The fourth-order valence-electron chi connectivity index (χ4n) is 6.54. The lowest BCUT2D eigenvalue weighted by Gasteiger charge is -2.30. The van der Waals surface area contributed by atoms with Gasteiger partial charge in [-0.3, -0.25) is 9.36 Å². The van der Waals surface area contributed by atoms with Gasteiger partial charge < -0.3 is 4.57 Å². The molecule has 40 heavy (non-hydrogen) atoms. The largest absolute Gasteiger partial charge is 0.317 e. The van der Waals surface area contributed by atoms with Gasteiger partial charge >= 0.3 is 0 Å². The van der Waals surface area contributed by atoms with E-state index >= 15 is 0 Å². The molecule has 7 rings (SSSR count). The summed E-state index contributed by atoms with van der Waals surface area (Å²) in [7, 11) is 0. The summed E-state index contributed by atoms with van der Waals surface area (Å²) < 4.78 is 4.97. The number of nitrogens with zero attached hydrogens (tertiary/aromatic N) is 3. The maximum absolute atomic E-state index is 14.2. The van der Waals surface area contributed by atoms with Crippen molar-refractivity contribution in [2.24, 2.45) is 4.99 Å². The molecule has 5 heteroatoms. The van der Waals surface area contributed by atoms with Crippen LogP contribution in [0.25, 0.3) is 17.5 Å². The van der Waals surface area contributed by atoms with Crippen LogP contribution in [-0.4, -0.2) is 9.13 Å². The molecule has 0 radical (unpaired) electrons. The van der Waals surface area contributed by atoms with E-state index in [1.807, 2.05) is 10.6 Å². The van der Waals surface area contributed by atoms with E-state index < -0.39 is 0 Å². The Kier molecular flexibility index (Phi) is 5.86. The molecule has 4 nitrogen and oxygen atoms in total. The summed E-state index contributed by atoms with van der Waals surface area (Å²) in [5.41, 5.74) is 13.0. The number of allylic oxidation sites excluding steroid dienone is 1. The lowest BCUT2D eigenvalue weighted by molar-refractivity contribution is 0.585. The van der Waals surface area contributed by atoms with Crippen LogP contribution in [0.3, 0.4) is 0 Å². The zero-order valence-electron chi connectivity index (χ0n) is 23.2. The van der Waals surface area contributed by atoms with E-state index in [-0.39, 0.29) is 11.6 Å². The van der Waals surface area contributed by atoms with E-state index in [0.717, 1.165) is 50.4 Å². The number of aryl methyl sites for hydroxylation is 4. The van der Waals surface area contributed by atoms with Crippen molar-refractivity contribution < 1.29 is 0 Å². The Morgan fingerprint density at radius 2 is 1.60 bits per heavy atom. The molecule has 0 saturated carbocycles. The second-order valence-electron chi connectivity index (χ2n) is 10.9. The summed E-state index contributed by atoms with van der Waals surface area (Å²) in [6.45, 7) is 8.59. The lowest BCUT2D eigenvalue weighted by atomic mass is 9.83. The summed E-state index contributed by atoms with van der Waals surface area (Å²) in [6.07, 6.45) is 3.92. The number of thiazole rings is 1. The third-order valence-electron chi connectivity index (χ3n) is 8.41. The van der Waals surface area contributed by atoms with Gasteiger partial charge in [0.1, 0.15) is 0 Å². The minimum Gasteiger partial charge on any atom is -0.317 e. The van der Waals surface area contributed by atoms with Gasteiger partial charge in [0.2, 0.25) is 0 Å². The van der Waals surface area contributed by atoms with Crippen molar-refractivity contribution in [2.75, 3.05) is 0 Å². The zero-order chi connectivity index (χ0) is 27.5. The van der Waals surface area contributed by atoms with Crippen LogP contribution in [0.5, 0.6) is 0 Å². The number of hydrogen-bond acceptors (Lipinski definition) is 3. The molecule has 5 aromatic rings. The second-order valence-corrected chi connectivity index (χ2v) is 11.9. The van der Waals surface area contributed by atoms with Crippen molar-refractivity contribution in [2.45, 2.75) is 46.6 Å². The van der Waals surface area contributed by atoms with E-state index in [0.29, 0.717) is 0 Å². The Morgan fingerprint density at radius 1 is 0.875 bits per heavy atom. The average Bonchev–Trinajstić information content (AvgIpc) is 3.42. The molecule has 1 aliphatic heterocycles. The van der Waals surface area contributed by atoms with Gasteiger partial charge in [-0.05, 0) is 86.1 Å². The Labute approximate surface area is 237 Å². The minimum atomic E-state index is -0.148. The molecule has 0 fully saturated rings. The van der Waals surface area contributed by atoms with Crippen LogP contribution >= 0.6 is 11.3 Å². The molecule has 3 heterocycles. The molecule has 0 spiro atoms. The number of hydrogen-bond donors (Lipinski definition) is 0. The van der Waals surface area contributed by atoms with Gasteiger partial charge in [0, 0.05) is 17.0 Å². The van der Waals surface area contributed by atoms with Gasteiger partial charge in [0.25, 0.3) is 5.56 Å². The Morgan fingerprint density at radius 3 is 2.38 bits per heavy atom. The first kappa shape index (κ1) is 24.8.